The van der Waals surface area contributed by atoms with Gasteiger partial charge in [-0.25, -0.2) is 18.7 Å². The van der Waals surface area contributed by atoms with Crippen LogP contribution in [0.15, 0.2) is 43.2 Å². The number of aryl methyl sites for hydroxylation is 1. The van der Waals surface area contributed by atoms with E-state index in [0.717, 1.165) is 55.0 Å². The van der Waals surface area contributed by atoms with Gasteiger partial charge in [-0.1, -0.05) is 6.58 Å². The minimum Gasteiger partial charge on any atom is -0.494 e. The summed E-state index contributed by atoms with van der Waals surface area (Å²) in [6.45, 7) is 8.27. The minimum absolute atomic E-state index is 0.0324. The number of nitrogens with one attached hydrogen (secondary N) is 1. The molecule has 9 nitrogen and oxygen atoms in total. The van der Waals surface area contributed by atoms with Crippen LogP contribution in [0.25, 0.3) is 27.7 Å². The zero-order chi connectivity index (χ0) is 30.1. The van der Waals surface area contributed by atoms with Gasteiger partial charge in [0.1, 0.15) is 11.5 Å². The van der Waals surface area contributed by atoms with E-state index in [9.17, 15) is 4.79 Å². The van der Waals surface area contributed by atoms with Crippen molar-refractivity contribution in [1.29, 1.82) is 0 Å². The average Bonchev–Trinajstić information content (AvgIpc) is 3.76. The molecule has 6 rings (SSSR count). The number of carbonyl (C=O) groups is 1. The number of piperazine rings is 1. The minimum atomic E-state index is -0.823. The molecule has 0 radical (unpaired) electrons. The van der Waals surface area contributed by atoms with E-state index >= 15 is 8.78 Å². The fourth-order valence-electron chi connectivity index (χ4n) is 5.70. The number of imidazole rings is 1. The number of pyridine rings is 2. The number of methoxy groups -OCH3 is 2. The number of fused-ring (bicyclic) bond motifs is 3. The molecule has 1 N–H and O–H groups in total. The van der Waals surface area contributed by atoms with Crippen LogP contribution in [0.4, 0.5) is 14.6 Å². The molecule has 3 aromatic heterocycles. The summed E-state index contributed by atoms with van der Waals surface area (Å²) in [4.78, 5) is 25.5. The van der Waals surface area contributed by atoms with Crippen molar-refractivity contribution in [2.45, 2.75) is 25.7 Å². The number of nitrogens with zero attached hydrogens (tertiary/aromatic N) is 5. The van der Waals surface area contributed by atoms with E-state index in [1.54, 1.807) is 12.3 Å². The summed E-state index contributed by atoms with van der Waals surface area (Å²) in [5.74, 6) is -0.489. The van der Waals surface area contributed by atoms with Crippen LogP contribution >= 0.6 is 0 Å². The predicted molar refractivity (Wildman–Crippen MR) is 162 cm³/mol. The molecule has 43 heavy (non-hydrogen) atoms. The number of amides is 1. The topological polar surface area (TPSA) is 84.2 Å². The Hall–Kier alpha value is -4.25. The van der Waals surface area contributed by atoms with Crippen molar-refractivity contribution in [1.82, 2.24) is 24.2 Å². The highest BCUT2D eigenvalue weighted by Gasteiger charge is 2.26. The lowest BCUT2D eigenvalue weighted by atomic mass is 10.0. The van der Waals surface area contributed by atoms with Crippen molar-refractivity contribution < 1.29 is 23.0 Å². The van der Waals surface area contributed by atoms with Gasteiger partial charge in [0.25, 0.3) is 0 Å². The predicted octanol–water partition coefficient (Wildman–Crippen LogP) is 4.93. The maximum absolute atomic E-state index is 15.7. The Kier molecular flexibility index (Phi) is 8.16. The van der Waals surface area contributed by atoms with Crippen molar-refractivity contribution in [2.24, 2.45) is 5.92 Å². The quantitative estimate of drug-likeness (QED) is 0.248. The zero-order valence-electron chi connectivity index (χ0n) is 24.5. The van der Waals surface area contributed by atoms with E-state index in [-0.39, 0.29) is 28.5 Å². The second-order valence-electron chi connectivity index (χ2n) is 11.2. The number of ether oxygens (including phenoxy) is 2. The molecule has 1 aromatic carbocycles. The summed E-state index contributed by atoms with van der Waals surface area (Å²) in [7, 11) is 2.67. The van der Waals surface area contributed by atoms with Gasteiger partial charge in [0, 0.05) is 68.2 Å². The monoisotopic (exact) mass is 590 g/mol. The van der Waals surface area contributed by atoms with Gasteiger partial charge in [0.15, 0.2) is 23.1 Å². The Balaban J connectivity index is 1.34. The van der Waals surface area contributed by atoms with Gasteiger partial charge in [-0.15, -0.1) is 0 Å². The fourth-order valence-corrected chi connectivity index (χ4v) is 5.70. The van der Waals surface area contributed by atoms with Gasteiger partial charge in [-0.3, -0.25) is 14.1 Å². The lowest BCUT2D eigenvalue weighted by Gasteiger charge is -2.34. The normalized spacial score (nSPS) is 15.7. The summed E-state index contributed by atoms with van der Waals surface area (Å²) >= 11 is 0. The van der Waals surface area contributed by atoms with Crippen LogP contribution in [0, 0.1) is 17.6 Å². The number of rotatable bonds is 11. The van der Waals surface area contributed by atoms with Crippen LogP contribution in [-0.4, -0.2) is 83.6 Å². The molecule has 1 amide bonds. The molecule has 1 aliphatic carbocycles. The molecular weight excluding hydrogens is 554 g/mol. The van der Waals surface area contributed by atoms with Crippen LogP contribution in [0.1, 0.15) is 25.0 Å². The third kappa shape index (κ3) is 5.86. The molecule has 2 fully saturated rings. The van der Waals surface area contributed by atoms with Crippen molar-refractivity contribution in [2.75, 3.05) is 58.8 Å². The number of benzene rings is 1. The van der Waals surface area contributed by atoms with Crippen LogP contribution in [0.2, 0.25) is 0 Å². The van der Waals surface area contributed by atoms with Gasteiger partial charge in [0.2, 0.25) is 5.91 Å². The van der Waals surface area contributed by atoms with Gasteiger partial charge in [-0.05, 0) is 50.3 Å². The molecule has 2 aliphatic rings. The molecule has 0 spiro atoms. The number of hydrogen-bond donors (Lipinski definition) is 1. The molecule has 11 heteroatoms. The SMILES string of the molecule is C=CC(=O)N1CCN(CCCc2cn3c(n2)c(-c2c(F)c(OC)cc(OC)c2F)cc2cnc(NCC4CC4)cc23)CC1. The summed E-state index contributed by atoms with van der Waals surface area (Å²) in [6.07, 6.45) is 9.00. The first kappa shape index (κ1) is 28.9. The smallest absolute Gasteiger partial charge is 0.246 e. The summed E-state index contributed by atoms with van der Waals surface area (Å²) in [6, 6.07) is 4.89. The summed E-state index contributed by atoms with van der Waals surface area (Å²) < 4.78 is 43.7. The first-order valence-electron chi connectivity index (χ1n) is 14.7. The summed E-state index contributed by atoms with van der Waals surface area (Å²) in [5, 5.41) is 4.13. The second kappa shape index (κ2) is 12.2. The molecule has 1 saturated carbocycles. The Morgan fingerprint density at radius 1 is 1.09 bits per heavy atom. The molecule has 226 valence electrons. The summed E-state index contributed by atoms with van der Waals surface area (Å²) in [5.41, 5.74) is 2.11. The first-order valence-corrected chi connectivity index (χ1v) is 14.7. The standard InChI is InChI=1S/C32H36F2N6O3/c1-4-28(41)39-12-10-38(11-13-39)9-5-6-22-19-40-24-15-27(35-17-20-7-8-20)36-18-21(24)14-23(32(40)37-22)29-30(33)25(42-2)16-26(43-3)31(29)34/h4,14-16,18-20H,1,5-13,17H2,2-3H3,(H,35,36). The molecule has 0 atom stereocenters. The Bertz CT molecular complexity index is 1650. The largest absolute Gasteiger partial charge is 0.494 e. The zero-order valence-corrected chi connectivity index (χ0v) is 24.5. The highest BCUT2D eigenvalue weighted by Crippen LogP contribution is 2.40. The molecule has 0 bridgehead atoms. The van der Waals surface area contributed by atoms with E-state index < -0.39 is 11.6 Å². The number of aromatic nitrogens is 3. The van der Waals surface area contributed by atoms with Crippen molar-refractivity contribution in [3.8, 4) is 22.6 Å². The van der Waals surface area contributed by atoms with Gasteiger partial charge in [-0.2, -0.15) is 0 Å². The fraction of sp³-hybridized carbons (Fsp3) is 0.406. The number of anilines is 1. The molecule has 4 heterocycles. The second-order valence-corrected chi connectivity index (χ2v) is 11.2. The van der Waals surface area contributed by atoms with E-state index in [4.69, 9.17) is 14.5 Å². The van der Waals surface area contributed by atoms with Crippen LogP contribution in [0.5, 0.6) is 11.5 Å². The van der Waals surface area contributed by atoms with Crippen LogP contribution in [-0.2, 0) is 11.2 Å². The third-order valence-electron chi connectivity index (χ3n) is 8.35. The lowest BCUT2D eigenvalue weighted by molar-refractivity contribution is -0.127. The first-order chi connectivity index (χ1) is 20.9. The van der Waals surface area contributed by atoms with E-state index in [0.29, 0.717) is 31.1 Å². The van der Waals surface area contributed by atoms with E-state index in [1.807, 2.05) is 21.6 Å². The Morgan fingerprint density at radius 3 is 2.47 bits per heavy atom. The maximum atomic E-state index is 15.7. The highest BCUT2D eigenvalue weighted by molar-refractivity contribution is 5.93. The van der Waals surface area contributed by atoms with E-state index in [2.05, 4.69) is 21.8 Å². The lowest BCUT2D eigenvalue weighted by Crippen LogP contribution is -2.48. The molecular formula is C32H36F2N6O3. The van der Waals surface area contributed by atoms with E-state index in [1.165, 1.54) is 39.2 Å². The van der Waals surface area contributed by atoms with Gasteiger partial charge in [0.05, 0.1) is 31.0 Å². The van der Waals surface area contributed by atoms with Crippen molar-refractivity contribution >= 4 is 28.3 Å². The molecule has 0 unspecified atom stereocenters. The maximum Gasteiger partial charge on any atom is 0.246 e. The van der Waals surface area contributed by atoms with Gasteiger partial charge >= 0.3 is 0 Å². The van der Waals surface area contributed by atoms with Crippen LogP contribution in [0.3, 0.4) is 0 Å². The molecule has 1 aliphatic heterocycles. The van der Waals surface area contributed by atoms with Crippen molar-refractivity contribution in [3.05, 3.63) is 60.6 Å². The number of carbonyl (C=O) groups excluding carboxylic acids is 1. The molecule has 1 saturated heterocycles. The third-order valence-corrected chi connectivity index (χ3v) is 8.35. The Labute approximate surface area is 249 Å². The Morgan fingerprint density at radius 2 is 1.81 bits per heavy atom. The highest BCUT2D eigenvalue weighted by atomic mass is 19.1. The number of halogens is 2. The number of hydrogen-bond acceptors (Lipinski definition) is 7. The molecule has 4 aromatic rings. The van der Waals surface area contributed by atoms with Crippen LogP contribution < -0.4 is 14.8 Å². The average molecular weight is 591 g/mol. The van der Waals surface area contributed by atoms with Crippen molar-refractivity contribution in [3.63, 3.8) is 0 Å². The van der Waals surface area contributed by atoms with Gasteiger partial charge < -0.3 is 19.7 Å².